The van der Waals surface area contributed by atoms with Crippen LogP contribution in [0.2, 0.25) is 0 Å². The number of aliphatic carboxylic acids is 1. The molecule has 3 unspecified atom stereocenters. The second-order valence-corrected chi connectivity index (χ2v) is 4.28. The number of carboxylic acids is 1. The van der Waals surface area contributed by atoms with Gasteiger partial charge < -0.3 is 25.6 Å². The monoisotopic (exact) mass is 246 g/mol. The highest BCUT2D eigenvalue weighted by Crippen LogP contribution is 2.26. The zero-order valence-electron chi connectivity index (χ0n) is 9.93. The van der Waals surface area contributed by atoms with Crippen LogP contribution < -0.4 is 11.1 Å². The summed E-state index contributed by atoms with van der Waals surface area (Å²) in [7, 11) is 1.17. The molecule has 1 fully saturated rings. The standard InChI is InChI=1S/C10H18N2O5/c1-6-5-10(11,3-4-17-6)7(8(13)14)12-9(15)16-2/h6-7H,3-5,11H2,1-2H3,(H,12,15)(H,13,14). The van der Waals surface area contributed by atoms with Crippen molar-refractivity contribution in [2.45, 2.75) is 37.5 Å². The number of alkyl carbamates (subject to hydrolysis) is 1. The number of nitrogens with two attached hydrogens (primary N) is 1. The van der Waals surface area contributed by atoms with E-state index in [2.05, 4.69) is 10.1 Å². The summed E-state index contributed by atoms with van der Waals surface area (Å²) >= 11 is 0. The van der Waals surface area contributed by atoms with E-state index in [9.17, 15) is 9.59 Å². The molecule has 17 heavy (non-hydrogen) atoms. The van der Waals surface area contributed by atoms with Gasteiger partial charge >= 0.3 is 12.1 Å². The lowest BCUT2D eigenvalue weighted by atomic mass is 9.81. The molecule has 1 aliphatic heterocycles. The van der Waals surface area contributed by atoms with Gasteiger partial charge in [0.25, 0.3) is 0 Å². The van der Waals surface area contributed by atoms with Crippen LogP contribution in [-0.4, -0.2) is 48.6 Å². The van der Waals surface area contributed by atoms with Gasteiger partial charge in [-0.3, -0.25) is 0 Å². The van der Waals surface area contributed by atoms with Crippen LogP contribution in [0.1, 0.15) is 19.8 Å². The highest BCUT2D eigenvalue weighted by molar-refractivity contribution is 5.81. The van der Waals surface area contributed by atoms with Crippen molar-refractivity contribution >= 4 is 12.1 Å². The van der Waals surface area contributed by atoms with Crippen LogP contribution in [0, 0.1) is 0 Å². The van der Waals surface area contributed by atoms with Crippen LogP contribution >= 0.6 is 0 Å². The predicted molar refractivity (Wildman–Crippen MR) is 58.5 cm³/mol. The quantitative estimate of drug-likeness (QED) is 0.630. The second-order valence-electron chi connectivity index (χ2n) is 4.28. The van der Waals surface area contributed by atoms with Crippen LogP contribution in [0.4, 0.5) is 4.79 Å². The number of rotatable bonds is 3. The SMILES string of the molecule is COC(=O)NC(C(=O)O)C1(N)CCOC(C)C1. The Kier molecular flexibility index (Phi) is 4.30. The highest BCUT2D eigenvalue weighted by Gasteiger charge is 2.44. The topological polar surface area (TPSA) is 111 Å². The molecule has 0 saturated carbocycles. The average Bonchev–Trinajstić information content (AvgIpc) is 2.24. The van der Waals surface area contributed by atoms with E-state index >= 15 is 0 Å². The molecule has 0 bridgehead atoms. The maximum atomic E-state index is 11.2. The molecule has 0 spiro atoms. The van der Waals surface area contributed by atoms with Crippen molar-refractivity contribution in [3.63, 3.8) is 0 Å². The Balaban J connectivity index is 2.81. The summed E-state index contributed by atoms with van der Waals surface area (Å²) in [6.45, 7) is 2.20. The van der Waals surface area contributed by atoms with E-state index in [0.29, 0.717) is 19.4 Å². The van der Waals surface area contributed by atoms with E-state index < -0.39 is 23.6 Å². The van der Waals surface area contributed by atoms with E-state index in [1.165, 1.54) is 7.11 Å². The Hall–Kier alpha value is -1.34. The smallest absolute Gasteiger partial charge is 0.407 e. The normalized spacial score (nSPS) is 30.4. The zero-order valence-corrected chi connectivity index (χ0v) is 9.93. The molecule has 0 radical (unpaired) electrons. The van der Waals surface area contributed by atoms with Gasteiger partial charge in [-0.2, -0.15) is 0 Å². The molecule has 1 aliphatic rings. The molecular formula is C10H18N2O5. The van der Waals surface area contributed by atoms with Gasteiger partial charge in [0, 0.05) is 6.61 Å². The van der Waals surface area contributed by atoms with Gasteiger partial charge in [0.05, 0.1) is 18.8 Å². The molecule has 1 rings (SSSR count). The van der Waals surface area contributed by atoms with Gasteiger partial charge in [-0.25, -0.2) is 9.59 Å². The summed E-state index contributed by atoms with van der Waals surface area (Å²) in [5.74, 6) is -1.17. The molecule has 0 aromatic rings. The maximum absolute atomic E-state index is 11.2. The summed E-state index contributed by atoms with van der Waals surface area (Å²) in [5.41, 5.74) is 5.05. The first-order valence-corrected chi connectivity index (χ1v) is 5.37. The van der Waals surface area contributed by atoms with Gasteiger partial charge in [-0.1, -0.05) is 0 Å². The first-order chi connectivity index (χ1) is 7.89. The number of methoxy groups -OCH3 is 1. The van der Waals surface area contributed by atoms with E-state index in [1.54, 1.807) is 0 Å². The zero-order chi connectivity index (χ0) is 13.1. The Morgan fingerprint density at radius 3 is 2.76 bits per heavy atom. The lowest BCUT2D eigenvalue weighted by Gasteiger charge is -2.40. The second kappa shape index (κ2) is 5.33. The fraction of sp³-hybridized carbons (Fsp3) is 0.800. The fourth-order valence-electron chi connectivity index (χ4n) is 2.04. The van der Waals surface area contributed by atoms with Crippen molar-refractivity contribution < 1.29 is 24.2 Å². The van der Waals surface area contributed by atoms with Crippen molar-refractivity contribution in [1.29, 1.82) is 0 Å². The Bertz CT molecular complexity index is 309. The van der Waals surface area contributed by atoms with E-state index in [4.69, 9.17) is 15.6 Å². The van der Waals surface area contributed by atoms with Gasteiger partial charge in [-0.05, 0) is 19.8 Å². The third-order valence-corrected chi connectivity index (χ3v) is 2.91. The largest absolute Gasteiger partial charge is 0.480 e. The number of ether oxygens (including phenoxy) is 2. The summed E-state index contributed by atoms with van der Waals surface area (Å²) < 4.78 is 9.71. The molecular weight excluding hydrogens is 228 g/mol. The fourth-order valence-corrected chi connectivity index (χ4v) is 2.04. The van der Waals surface area contributed by atoms with Crippen molar-refractivity contribution in [2.75, 3.05) is 13.7 Å². The molecule has 0 aliphatic carbocycles. The lowest BCUT2D eigenvalue weighted by Crippen LogP contribution is -2.65. The molecule has 3 atom stereocenters. The minimum atomic E-state index is -1.18. The Labute approximate surface area is 99.3 Å². The maximum Gasteiger partial charge on any atom is 0.407 e. The average molecular weight is 246 g/mol. The molecule has 1 amide bonds. The number of amides is 1. The number of nitrogens with one attached hydrogen (secondary N) is 1. The number of hydrogen-bond acceptors (Lipinski definition) is 5. The Morgan fingerprint density at radius 2 is 2.29 bits per heavy atom. The van der Waals surface area contributed by atoms with Gasteiger partial charge in [0.1, 0.15) is 6.04 Å². The summed E-state index contributed by atoms with van der Waals surface area (Å²) in [4.78, 5) is 22.3. The van der Waals surface area contributed by atoms with Crippen LogP contribution in [0.5, 0.6) is 0 Å². The van der Waals surface area contributed by atoms with E-state index in [-0.39, 0.29) is 6.10 Å². The van der Waals surface area contributed by atoms with Gasteiger partial charge in [0.2, 0.25) is 0 Å². The molecule has 1 saturated heterocycles. The first-order valence-electron chi connectivity index (χ1n) is 5.37. The number of hydrogen-bond donors (Lipinski definition) is 3. The van der Waals surface area contributed by atoms with E-state index in [0.717, 1.165) is 0 Å². The van der Waals surface area contributed by atoms with Crippen LogP contribution in [0.25, 0.3) is 0 Å². The van der Waals surface area contributed by atoms with Crippen LogP contribution in [0.15, 0.2) is 0 Å². The molecule has 7 heteroatoms. The number of carbonyl (C=O) groups is 2. The van der Waals surface area contributed by atoms with Crippen LogP contribution in [0.3, 0.4) is 0 Å². The molecule has 7 nitrogen and oxygen atoms in total. The van der Waals surface area contributed by atoms with E-state index in [1.807, 2.05) is 6.92 Å². The first kappa shape index (κ1) is 13.7. The summed E-state index contributed by atoms with van der Waals surface area (Å²) in [6.07, 6.45) is -0.192. The molecule has 1 heterocycles. The van der Waals surface area contributed by atoms with Gasteiger partial charge in [-0.15, -0.1) is 0 Å². The van der Waals surface area contributed by atoms with Crippen LogP contribution in [-0.2, 0) is 14.3 Å². The van der Waals surface area contributed by atoms with Crippen molar-refractivity contribution in [2.24, 2.45) is 5.73 Å². The summed E-state index contributed by atoms with van der Waals surface area (Å²) in [5, 5.41) is 11.4. The van der Waals surface area contributed by atoms with Gasteiger partial charge in [0.15, 0.2) is 0 Å². The Morgan fingerprint density at radius 1 is 1.65 bits per heavy atom. The lowest BCUT2D eigenvalue weighted by molar-refractivity contribution is -0.143. The van der Waals surface area contributed by atoms with Crippen molar-refractivity contribution in [3.8, 4) is 0 Å². The highest BCUT2D eigenvalue weighted by atomic mass is 16.5. The third kappa shape index (κ3) is 3.31. The number of carboxylic acid groups (broad SMARTS) is 1. The third-order valence-electron chi connectivity index (χ3n) is 2.91. The molecule has 0 aromatic carbocycles. The minimum absolute atomic E-state index is 0.130. The molecule has 4 N–H and O–H groups in total. The predicted octanol–water partition coefficient (Wildman–Crippen LogP) is -0.308. The summed E-state index contributed by atoms with van der Waals surface area (Å²) in [6, 6.07) is -1.18. The van der Waals surface area contributed by atoms with Crippen molar-refractivity contribution in [3.05, 3.63) is 0 Å². The van der Waals surface area contributed by atoms with Crippen molar-refractivity contribution in [1.82, 2.24) is 5.32 Å². The number of carbonyl (C=O) groups excluding carboxylic acids is 1. The molecule has 0 aromatic heterocycles. The minimum Gasteiger partial charge on any atom is -0.480 e. The molecule has 98 valence electrons.